The van der Waals surface area contributed by atoms with Crippen LogP contribution in [0.1, 0.15) is 24.5 Å². The Balaban J connectivity index is 1.91. The van der Waals surface area contributed by atoms with Crippen molar-refractivity contribution in [2.24, 2.45) is 0 Å². The van der Waals surface area contributed by atoms with E-state index >= 15 is 0 Å². The van der Waals surface area contributed by atoms with Gasteiger partial charge in [0.15, 0.2) is 6.10 Å². The first-order chi connectivity index (χ1) is 9.91. The third-order valence-corrected chi connectivity index (χ3v) is 4.30. The van der Waals surface area contributed by atoms with E-state index < -0.39 is 17.6 Å². The lowest BCUT2D eigenvalue weighted by atomic mass is 9.91. The molecule has 1 atom stereocenters. The van der Waals surface area contributed by atoms with Gasteiger partial charge in [0.2, 0.25) is 0 Å². The topological polar surface area (TPSA) is 72.8 Å². The number of halogens is 1. The molecule has 1 fully saturated rings. The van der Waals surface area contributed by atoms with Crippen LogP contribution < -0.4 is 5.32 Å². The molecule has 0 aliphatic carbocycles. The Kier molecular flexibility index (Phi) is 5.22. The summed E-state index contributed by atoms with van der Waals surface area (Å²) in [5.41, 5.74) is -0.533. The number of aliphatic hydroxyl groups is 2. The number of likely N-dealkylation sites (tertiary alicyclic amines) is 1. The highest BCUT2D eigenvalue weighted by molar-refractivity contribution is 6.31. The fourth-order valence-electron chi connectivity index (χ4n) is 2.40. The number of hydrogen-bond acceptors (Lipinski definition) is 4. The van der Waals surface area contributed by atoms with E-state index in [2.05, 4.69) is 10.2 Å². The van der Waals surface area contributed by atoms with E-state index in [1.165, 1.54) is 0 Å². The fraction of sp³-hybridized carbons (Fsp3) is 0.533. The normalized spacial score (nSPS) is 20.0. The van der Waals surface area contributed by atoms with Crippen LogP contribution >= 0.6 is 11.6 Å². The summed E-state index contributed by atoms with van der Waals surface area (Å²) in [6, 6.07) is 6.68. The maximum Gasteiger partial charge on any atom is 0.253 e. The Morgan fingerprint density at radius 2 is 2.05 bits per heavy atom. The third kappa shape index (κ3) is 4.17. The molecule has 0 saturated carbocycles. The summed E-state index contributed by atoms with van der Waals surface area (Å²) in [5.74, 6) is -0.546. The number of piperidine rings is 1. The summed E-state index contributed by atoms with van der Waals surface area (Å²) in [4.78, 5) is 14.1. The molecular formula is C15H21ClN2O3. The molecule has 6 heteroatoms. The number of nitrogens with zero attached hydrogens (tertiary/aromatic N) is 1. The summed E-state index contributed by atoms with van der Waals surface area (Å²) in [5, 5.41) is 23.4. The zero-order valence-electron chi connectivity index (χ0n) is 12.1. The lowest BCUT2D eigenvalue weighted by Gasteiger charge is -2.36. The minimum atomic E-state index is -1.33. The van der Waals surface area contributed by atoms with Crippen molar-refractivity contribution in [3.8, 4) is 0 Å². The Hall–Kier alpha value is -1.14. The van der Waals surface area contributed by atoms with Gasteiger partial charge in [-0.1, -0.05) is 29.8 Å². The van der Waals surface area contributed by atoms with E-state index in [-0.39, 0.29) is 6.54 Å². The van der Waals surface area contributed by atoms with E-state index in [4.69, 9.17) is 11.6 Å². The van der Waals surface area contributed by atoms with Crippen molar-refractivity contribution < 1.29 is 15.0 Å². The summed E-state index contributed by atoms with van der Waals surface area (Å²) in [6.07, 6.45) is -0.119. The molecule has 1 saturated heterocycles. The standard InChI is InChI=1S/C15H21ClN2O3/c1-18-8-6-15(21,7-9-18)10-17-14(20)13(19)11-4-2-3-5-12(11)16/h2-5,13,19,21H,6-10H2,1H3,(H,17,20). The molecule has 2 rings (SSSR count). The van der Waals surface area contributed by atoms with Gasteiger partial charge in [0.05, 0.1) is 5.60 Å². The number of hydrogen-bond donors (Lipinski definition) is 3. The van der Waals surface area contributed by atoms with Crippen LogP contribution in [0.25, 0.3) is 0 Å². The monoisotopic (exact) mass is 312 g/mol. The van der Waals surface area contributed by atoms with Crippen molar-refractivity contribution in [2.75, 3.05) is 26.7 Å². The van der Waals surface area contributed by atoms with Crippen molar-refractivity contribution in [1.82, 2.24) is 10.2 Å². The number of aliphatic hydroxyl groups excluding tert-OH is 1. The van der Waals surface area contributed by atoms with Gasteiger partial charge in [0.1, 0.15) is 0 Å². The smallest absolute Gasteiger partial charge is 0.253 e. The molecule has 3 N–H and O–H groups in total. The van der Waals surface area contributed by atoms with Gasteiger partial charge in [-0.3, -0.25) is 4.79 Å². The van der Waals surface area contributed by atoms with E-state index in [1.807, 2.05) is 7.05 Å². The minimum Gasteiger partial charge on any atom is -0.388 e. The molecule has 1 aliphatic rings. The van der Waals surface area contributed by atoms with Gasteiger partial charge in [0.25, 0.3) is 5.91 Å². The molecule has 1 aromatic carbocycles. The average molecular weight is 313 g/mol. The number of rotatable bonds is 4. The zero-order valence-corrected chi connectivity index (χ0v) is 12.8. The molecular weight excluding hydrogens is 292 g/mol. The highest BCUT2D eigenvalue weighted by atomic mass is 35.5. The van der Waals surface area contributed by atoms with Gasteiger partial charge < -0.3 is 20.4 Å². The maximum absolute atomic E-state index is 12.0. The largest absolute Gasteiger partial charge is 0.388 e. The van der Waals surface area contributed by atoms with E-state index in [9.17, 15) is 15.0 Å². The zero-order chi connectivity index (χ0) is 15.5. The molecule has 0 bridgehead atoms. The van der Waals surface area contributed by atoms with Crippen molar-refractivity contribution in [3.63, 3.8) is 0 Å². The average Bonchev–Trinajstić information content (AvgIpc) is 2.48. The predicted molar refractivity (Wildman–Crippen MR) is 81.1 cm³/mol. The Bertz CT molecular complexity index is 501. The van der Waals surface area contributed by atoms with Crippen LogP contribution in [-0.2, 0) is 4.79 Å². The van der Waals surface area contributed by atoms with Crippen molar-refractivity contribution in [3.05, 3.63) is 34.9 Å². The highest BCUT2D eigenvalue weighted by Crippen LogP contribution is 2.24. The molecule has 1 heterocycles. The highest BCUT2D eigenvalue weighted by Gasteiger charge is 2.32. The molecule has 1 aliphatic heterocycles. The number of amides is 1. The van der Waals surface area contributed by atoms with Crippen LogP contribution in [-0.4, -0.2) is 53.3 Å². The van der Waals surface area contributed by atoms with Crippen molar-refractivity contribution in [1.29, 1.82) is 0 Å². The Morgan fingerprint density at radius 3 is 2.67 bits per heavy atom. The second-order valence-corrected chi connectivity index (χ2v) is 6.08. The molecule has 0 radical (unpaired) electrons. The minimum absolute atomic E-state index is 0.140. The Labute approximate surface area is 129 Å². The van der Waals surface area contributed by atoms with E-state index in [0.717, 1.165) is 13.1 Å². The molecule has 21 heavy (non-hydrogen) atoms. The summed E-state index contributed by atoms with van der Waals surface area (Å²) < 4.78 is 0. The summed E-state index contributed by atoms with van der Waals surface area (Å²) in [7, 11) is 2.00. The third-order valence-electron chi connectivity index (χ3n) is 3.96. The van der Waals surface area contributed by atoms with Gasteiger partial charge in [-0.05, 0) is 26.0 Å². The SMILES string of the molecule is CN1CCC(O)(CNC(=O)C(O)c2ccccc2Cl)CC1. The number of carbonyl (C=O) groups is 1. The summed E-state index contributed by atoms with van der Waals surface area (Å²) in [6.45, 7) is 1.72. The Morgan fingerprint density at radius 1 is 1.43 bits per heavy atom. The van der Waals surface area contributed by atoms with Gasteiger partial charge in [-0.2, -0.15) is 0 Å². The molecule has 1 unspecified atom stereocenters. The summed E-state index contributed by atoms with van der Waals surface area (Å²) >= 11 is 5.96. The fourth-order valence-corrected chi connectivity index (χ4v) is 2.64. The first kappa shape index (κ1) is 16.2. The molecule has 0 aromatic heterocycles. The van der Waals surface area contributed by atoms with Gasteiger partial charge >= 0.3 is 0 Å². The second-order valence-electron chi connectivity index (χ2n) is 5.67. The number of nitrogens with one attached hydrogen (secondary N) is 1. The van der Waals surface area contributed by atoms with E-state index in [0.29, 0.717) is 23.4 Å². The van der Waals surface area contributed by atoms with Crippen LogP contribution in [0.3, 0.4) is 0 Å². The first-order valence-electron chi connectivity index (χ1n) is 7.02. The molecule has 116 valence electrons. The van der Waals surface area contributed by atoms with Crippen LogP contribution in [0, 0.1) is 0 Å². The lowest BCUT2D eigenvalue weighted by Crippen LogP contribution is -2.50. The molecule has 5 nitrogen and oxygen atoms in total. The molecule has 1 amide bonds. The second kappa shape index (κ2) is 6.75. The number of benzene rings is 1. The van der Waals surface area contributed by atoms with Crippen LogP contribution in [0.15, 0.2) is 24.3 Å². The quantitative estimate of drug-likeness (QED) is 0.774. The van der Waals surface area contributed by atoms with Crippen molar-refractivity contribution >= 4 is 17.5 Å². The van der Waals surface area contributed by atoms with Crippen LogP contribution in [0.4, 0.5) is 0 Å². The van der Waals surface area contributed by atoms with Crippen LogP contribution in [0.2, 0.25) is 5.02 Å². The molecule has 1 aromatic rings. The molecule has 0 spiro atoms. The van der Waals surface area contributed by atoms with Gasteiger partial charge in [0, 0.05) is 30.2 Å². The van der Waals surface area contributed by atoms with Gasteiger partial charge in [-0.25, -0.2) is 0 Å². The number of carbonyl (C=O) groups excluding carboxylic acids is 1. The van der Waals surface area contributed by atoms with Crippen LogP contribution in [0.5, 0.6) is 0 Å². The predicted octanol–water partition coefficient (Wildman–Crippen LogP) is 0.946. The van der Waals surface area contributed by atoms with Gasteiger partial charge in [-0.15, -0.1) is 0 Å². The first-order valence-corrected chi connectivity index (χ1v) is 7.40. The lowest BCUT2D eigenvalue weighted by molar-refractivity contribution is -0.131. The van der Waals surface area contributed by atoms with E-state index in [1.54, 1.807) is 24.3 Å². The maximum atomic E-state index is 12.0. The van der Waals surface area contributed by atoms with Crippen molar-refractivity contribution in [2.45, 2.75) is 24.5 Å².